The van der Waals surface area contributed by atoms with E-state index >= 15 is 0 Å². The first-order valence-electron chi connectivity index (χ1n) is 3.88. The molecule has 0 unspecified atom stereocenters. The minimum absolute atomic E-state index is 0. The standard InChI is InChI=1S/C8H7F5N2.ClH/c9-4-3(2(15)1-14)5(10)7(12)8(13)6(4)11;/h2H,1,14-15H2;1H/t2-;/m0./s1. The van der Waals surface area contributed by atoms with Gasteiger partial charge in [-0.25, -0.2) is 22.0 Å². The fourth-order valence-corrected chi connectivity index (χ4v) is 1.07. The summed E-state index contributed by atoms with van der Waals surface area (Å²) in [4.78, 5) is 0. The van der Waals surface area contributed by atoms with Crippen LogP contribution < -0.4 is 11.5 Å². The van der Waals surface area contributed by atoms with E-state index in [0.717, 1.165) is 0 Å². The van der Waals surface area contributed by atoms with Gasteiger partial charge in [0.15, 0.2) is 23.3 Å². The Morgan fingerprint density at radius 3 is 1.44 bits per heavy atom. The molecule has 4 N–H and O–H groups in total. The first-order chi connectivity index (χ1) is 6.91. The Balaban J connectivity index is 0.00000225. The first kappa shape index (κ1) is 15.1. The number of rotatable bonds is 2. The molecule has 0 heterocycles. The topological polar surface area (TPSA) is 52.0 Å². The molecule has 1 rings (SSSR count). The molecule has 8 heteroatoms. The van der Waals surface area contributed by atoms with Gasteiger partial charge in [0.2, 0.25) is 5.82 Å². The molecular weight excluding hydrogens is 255 g/mol. The molecule has 1 aromatic rings. The first-order valence-corrected chi connectivity index (χ1v) is 3.88. The number of halogens is 6. The Bertz CT molecular complexity index is 370. The molecule has 0 fully saturated rings. The van der Waals surface area contributed by atoms with E-state index < -0.39 is 47.2 Å². The lowest BCUT2D eigenvalue weighted by Gasteiger charge is -2.12. The normalized spacial score (nSPS) is 12.2. The number of hydrogen-bond acceptors (Lipinski definition) is 2. The summed E-state index contributed by atoms with van der Waals surface area (Å²) in [6, 6.07) is -1.44. The van der Waals surface area contributed by atoms with Crippen molar-refractivity contribution in [2.75, 3.05) is 6.54 Å². The largest absolute Gasteiger partial charge is 0.329 e. The van der Waals surface area contributed by atoms with E-state index in [-0.39, 0.29) is 12.4 Å². The average Bonchev–Trinajstić information content (AvgIpc) is 2.23. The van der Waals surface area contributed by atoms with Crippen molar-refractivity contribution in [3.05, 3.63) is 34.6 Å². The Hall–Kier alpha value is -0.920. The van der Waals surface area contributed by atoms with Gasteiger partial charge in [0.25, 0.3) is 0 Å². The summed E-state index contributed by atoms with van der Waals surface area (Å²) < 4.78 is 63.8. The second-order valence-corrected chi connectivity index (χ2v) is 2.83. The van der Waals surface area contributed by atoms with Gasteiger partial charge in [0.1, 0.15) is 0 Å². The van der Waals surface area contributed by atoms with E-state index in [1.54, 1.807) is 0 Å². The molecule has 0 amide bonds. The van der Waals surface area contributed by atoms with Crippen LogP contribution in [0, 0.1) is 29.1 Å². The van der Waals surface area contributed by atoms with Crippen LogP contribution in [0.3, 0.4) is 0 Å². The second-order valence-electron chi connectivity index (χ2n) is 2.83. The van der Waals surface area contributed by atoms with Crippen LogP contribution in [0.1, 0.15) is 11.6 Å². The van der Waals surface area contributed by atoms with Crippen molar-refractivity contribution in [1.82, 2.24) is 0 Å². The van der Waals surface area contributed by atoms with Gasteiger partial charge in [-0.1, -0.05) is 0 Å². The van der Waals surface area contributed by atoms with E-state index in [1.165, 1.54) is 0 Å². The van der Waals surface area contributed by atoms with Crippen LogP contribution in [0.15, 0.2) is 0 Å². The number of hydrogen-bond donors (Lipinski definition) is 2. The van der Waals surface area contributed by atoms with E-state index in [2.05, 4.69) is 0 Å². The van der Waals surface area contributed by atoms with Gasteiger partial charge >= 0.3 is 0 Å². The van der Waals surface area contributed by atoms with Gasteiger partial charge in [-0.05, 0) is 0 Å². The van der Waals surface area contributed by atoms with Crippen molar-refractivity contribution in [3.63, 3.8) is 0 Å². The van der Waals surface area contributed by atoms with Crippen molar-refractivity contribution in [2.45, 2.75) is 6.04 Å². The summed E-state index contributed by atoms with van der Waals surface area (Å²) >= 11 is 0. The molecule has 0 bridgehead atoms. The maximum atomic E-state index is 13.0. The maximum absolute atomic E-state index is 13.0. The summed E-state index contributed by atoms with van der Waals surface area (Å²) in [5, 5.41) is 0. The summed E-state index contributed by atoms with van der Waals surface area (Å²) in [6.45, 7) is -0.432. The summed E-state index contributed by atoms with van der Waals surface area (Å²) in [6.07, 6.45) is 0. The third kappa shape index (κ3) is 2.26. The quantitative estimate of drug-likeness (QED) is 0.485. The predicted molar refractivity (Wildman–Crippen MR) is 49.5 cm³/mol. The van der Waals surface area contributed by atoms with Crippen LogP contribution in [0.4, 0.5) is 22.0 Å². The fraction of sp³-hybridized carbons (Fsp3) is 0.250. The zero-order valence-corrected chi connectivity index (χ0v) is 8.55. The molecule has 0 aliphatic rings. The maximum Gasteiger partial charge on any atom is 0.200 e. The van der Waals surface area contributed by atoms with Crippen LogP contribution in [-0.4, -0.2) is 6.54 Å². The van der Waals surface area contributed by atoms with E-state index in [0.29, 0.717) is 0 Å². The summed E-state index contributed by atoms with van der Waals surface area (Å²) in [5.74, 6) is -10.1. The van der Waals surface area contributed by atoms with Crippen LogP contribution >= 0.6 is 12.4 Å². The highest BCUT2D eigenvalue weighted by atomic mass is 35.5. The molecular formula is C8H8ClF5N2. The van der Waals surface area contributed by atoms with Gasteiger partial charge in [0.05, 0.1) is 0 Å². The second kappa shape index (κ2) is 5.42. The van der Waals surface area contributed by atoms with Crippen LogP contribution in [0.2, 0.25) is 0 Å². The molecule has 0 aliphatic carbocycles. The van der Waals surface area contributed by atoms with Gasteiger partial charge in [-0.3, -0.25) is 0 Å². The summed E-state index contributed by atoms with van der Waals surface area (Å²) in [7, 11) is 0. The molecule has 0 spiro atoms. The molecule has 0 aliphatic heterocycles. The van der Waals surface area contributed by atoms with Crippen LogP contribution in [0.25, 0.3) is 0 Å². The van der Waals surface area contributed by atoms with Gasteiger partial charge in [-0.15, -0.1) is 12.4 Å². The SMILES string of the molecule is Cl.NC[C@H](N)c1c(F)c(F)c(F)c(F)c1F. The molecule has 92 valence electrons. The average molecular weight is 263 g/mol. The molecule has 0 saturated carbocycles. The number of benzene rings is 1. The Labute approximate surface area is 93.8 Å². The van der Waals surface area contributed by atoms with Crippen LogP contribution in [-0.2, 0) is 0 Å². The van der Waals surface area contributed by atoms with Gasteiger partial charge < -0.3 is 11.5 Å². The minimum Gasteiger partial charge on any atom is -0.329 e. The zero-order chi connectivity index (χ0) is 11.7. The Morgan fingerprint density at radius 1 is 0.812 bits per heavy atom. The Morgan fingerprint density at radius 2 is 1.12 bits per heavy atom. The van der Waals surface area contributed by atoms with Crippen molar-refractivity contribution in [3.8, 4) is 0 Å². The molecule has 2 nitrogen and oxygen atoms in total. The zero-order valence-electron chi connectivity index (χ0n) is 7.74. The highest BCUT2D eigenvalue weighted by molar-refractivity contribution is 5.85. The minimum atomic E-state index is -2.21. The van der Waals surface area contributed by atoms with Crippen molar-refractivity contribution in [1.29, 1.82) is 0 Å². The van der Waals surface area contributed by atoms with Crippen molar-refractivity contribution < 1.29 is 22.0 Å². The molecule has 0 saturated heterocycles. The monoisotopic (exact) mass is 262 g/mol. The highest BCUT2D eigenvalue weighted by Gasteiger charge is 2.28. The highest BCUT2D eigenvalue weighted by Crippen LogP contribution is 2.26. The smallest absolute Gasteiger partial charge is 0.200 e. The molecule has 0 aromatic heterocycles. The van der Waals surface area contributed by atoms with Crippen molar-refractivity contribution >= 4 is 12.4 Å². The number of nitrogens with two attached hydrogens (primary N) is 2. The third-order valence-electron chi connectivity index (χ3n) is 1.87. The van der Waals surface area contributed by atoms with Crippen LogP contribution in [0.5, 0.6) is 0 Å². The van der Waals surface area contributed by atoms with E-state index in [4.69, 9.17) is 11.5 Å². The molecule has 1 aromatic carbocycles. The van der Waals surface area contributed by atoms with Gasteiger partial charge in [0, 0.05) is 18.2 Å². The fourth-order valence-electron chi connectivity index (χ4n) is 1.07. The molecule has 0 radical (unpaired) electrons. The lowest BCUT2D eigenvalue weighted by Crippen LogP contribution is -2.25. The van der Waals surface area contributed by atoms with E-state index in [9.17, 15) is 22.0 Å². The third-order valence-corrected chi connectivity index (χ3v) is 1.87. The van der Waals surface area contributed by atoms with Crippen molar-refractivity contribution in [2.24, 2.45) is 11.5 Å². The Kier molecular flexibility index (Phi) is 5.11. The van der Waals surface area contributed by atoms with E-state index in [1.807, 2.05) is 0 Å². The molecule has 16 heavy (non-hydrogen) atoms. The van der Waals surface area contributed by atoms with Gasteiger partial charge in [-0.2, -0.15) is 0 Å². The predicted octanol–water partition coefficient (Wildman–Crippen LogP) is 1.76. The molecule has 1 atom stereocenters. The summed E-state index contributed by atoms with van der Waals surface area (Å²) in [5.41, 5.74) is 9.02. The lowest BCUT2D eigenvalue weighted by molar-refractivity contribution is 0.364. The lowest BCUT2D eigenvalue weighted by atomic mass is 10.1.